The minimum atomic E-state index is 0. The molecule has 1 aliphatic rings. The molecule has 0 aromatic rings. The Morgan fingerprint density at radius 2 is 2.14 bits per heavy atom. The first-order valence-corrected chi connectivity index (χ1v) is 3.46. The second-order valence-electron chi connectivity index (χ2n) is 1.45. The molecule has 0 aromatic carbocycles. The van der Waals surface area contributed by atoms with Gasteiger partial charge in [-0.3, -0.25) is 0 Å². The molecule has 1 heterocycles. The maximum absolute atomic E-state index is 5.10. The molecule has 0 aromatic heterocycles. The van der Waals surface area contributed by atoms with Gasteiger partial charge in [-0.15, -0.1) is 0 Å². The Balaban J connectivity index is 0.000000360. The van der Waals surface area contributed by atoms with E-state index in [0.717, 1.165) is 16.4 Å². The van der Waals surface area contributed by atoms with Crippen molar-refractivity contribution in [3.05, 3.63) is 0 Å². The van der Waals surface area contributed by atoms with Crippen molar-refractivity contribution in [1.82, 2.24) is 0 Å². The van der Waals surface area contributed by atoms with Gasteiger partial charge in [-0.1, -0.05) is 6.42 Å². The zero-order chi connectivity index (χ0) is 4.24. The number of hydrogen-bond acceptors (Lipinski definition) is 1. The quantitative estimate of drug-likeness (QED) is 0.429. The molecule has 0 spiro atoms. The molecular formula is C4H8AlOSi+3. The van der Waals surface area contributed by atoms with Crippen LogP contribution >= 0.6 is 0 Å². The molecular weight excluding hydrogens is 119 g/mol. The van der Waals surface area contributed by atoms with Crippen LogP contribution in [0.25, 0.3) is 0 Å². The molecule has 0 N–H and O–H groups in total. The smallest absolute Gasteiger partial charge is 0.417 e. The van der Waals surface area contributed by atoms with Crippen LogP contribution < -0.4 is 0 Å². The third-order valence-corrected chi connectivity index (χ3v) is 1.84. The van der Waals surface area contributed by atoms with Gasteiger partial charge in [-0.2, -0.15) is 0 Å². The fourth-order valence-electron chi connectivity index (χ4n) is 0.516. The predicted molar refractivity (Wildman–Crippen MR) is 31.5 cm³/mol. The summed E-state index contributed by atoms with van der Waals surface area (Å²) in [4.78, 5) is 0. The van der Waals surface area contributed by atoms with Gasteiger partial charge in [0.15, 0.2) is 0 Å². The Morgan fingerprint density at radius 3 is 2.29 bits per heavy atom. The second kappa shape index (κ2) is 4.86. The summed E-state index contributed by atoms with van der Waals surface area (Å²) in [6, 6.07) is 1.31. The van der Waals surface area contributed by atoms with E-state index < -0.39 is 0 Å². The zero-order valence-corrected chi connectivity index (χ0v) is 6.47. The van der Waals surface area contributed by atoms with Crippen molar-refractivity contribution in [1.29, 1.82) is 0 Å². The first kappa shape index (κ1) is 7.71. The fraction of sp³-hybridized carbons (Fsp3) is 1.00. The summed E-state index contributed by atoms with van der Waals surface area (Å²) in [5, 5.41) is 0. The molecule has 1 saturated heterocycles. The monoisotopic (exact) mass is 127 g/mol. The van der Waals surface area contributed by atoms with Crippen LogP contribution in [0.2, 0.25) is 6.04 Å². The van der Waals surface area contributed by atoms with E-state index >= 15 is 0 Å². The number of rotatable bonds is 0. The van der Waals surface area contributed by atoms with Gasteiger partial charge >= 0.3 is 17.4 Å². The Bertz CT molecular complexity index is 27.2. The van der Waals surface area contributed by atoms with Gasteiger partial charge in [0.05, 0.1) is 0 Å². The van der Waals surface area contributed by atoms with Crippen LogP contribution in [0.15, 0.2) is 0 Å². The molecule has 3 heteroatoms. The van der Waals surface area contributed by atoms with E-state index in [0.29, 0.717) is 0 Å². The van der Waals surface area contributed by atoms with Gasteiger partial charge in [-0.05, 0) is 12.5 Å². The molecule has 0 saturated carbocycles. The third-order valence-electron chi connectivity index (χ3n) is 0.877. The van der Waals surface area contributed by atoms with E-state index in [1.165, 1.54) is 18.9 Å². The summed E-state index contributed by atoms with van der Waals surface area (Å²) < 4.78 is 5.10. The molecule has 1 rings (SSSR count). The van der Waals surface area contributed by atoms with Gasteiger partial charge in [0.1, 0.15) is 0 Å². The van der Waals surface area contributed by atoms with E-state index in [2.05, 4.69) is 0 Å². The van der Waals surface area contributed by atoms with E-state index in [1.54, 1.807) is 0 Å². The summed E-state index contributed by atoms with van der Waals surface area (Å²) in [7, 11) is 0.802. The Labute approximate surface area is 57.5 Å². The molecule has 2 radical (unpaired) electrons. The molecule has 34 valence electrons. The maximum atomic E-state index is 5.10. The van der Waals surface area contributed by atoms with Crippen molar-refractivity contribution in [3.63, 3.8) is 0 Å². The van der Waals surface area contributed by atoms with Crippen molar-refractivity contribution in [3.8, 4) is 0 Å². The average Bonchev–Trinajstić information content (AvgIpc) is 1.72. The largest absolute Gasteiger partial charge is 3.00 e. The predicted octanol–water partition coefficient (Wildman–Crippen LogP) is 0.454. The normalized spacial score (nSPS) is 20.6. The molecule has 0 aliphatic carbocycles. The molecule has 1 fully saturated rings. The molecule has 1 nitrogen and oxygen atoms in total. The molecule has 0 unspecified atom stereocenters. The summed E-state index contributed by atoms with van der Waals surface area (Å²) in [5.74, 6) is 0. The van der Waals surface area contributed by atoms with Crippen molar-refractivity contribution < 1.29 is 4.43 Å². The summed E-state index contributed by atoms with van der Waals surface area (Å²) in [5.41, 5.74) is 0. The molecule has 1 aliphatic heterocycles. The van der Waals surface area contributed by atoms with Crippen molar-refractivity contribution in [2.45, 2.75) is 18.9 Å². The minimum absolute atomic E-state index is 0. The van der Waals surface area contributed by atoms with Crippen molar-refractivity contribution >= 4 is 27.1 Å². The average molecular weight is 127 g/mol. The maximum Gasteiger partial charge on any atom is 3.00 e. The first-order valence-electron chi connectivity index (χ1n) is 2.35. The third kappa shape index (κ3) is 3.31. The topological polar surface area (TPSA) is 9.23 Å². The summed E-state index contributed by atoms with van der Waals surface area (Å²) in [6.07, 6.45) is 2.67. The Kier molecular flexibility index (Phi) is 5.35. The van der Waals surface area contributed by atoms with Gasteiger partial charge in [0.2, 0.25) is 9.76 Å². The minimum Gasteiger partial charge on any atom is -0.417 e. The van der Waals surface area contributed by atoms with Crippen molar-refractivity contribution in [2.75, 3.05) is 6.61 Å². The Morgan fingerprint density at radius 1 is 1.29 bits per heavy atom. The van der Waals surface area contributed by atoms with E-state index in [1.807, 2.05) is 0 Å². The van der Waals surface area contributed by atoms with Crippen LogP contribution in [0.5, 0.6) is 0 Å². The van der Waals surface area contributed by atoms with Crippen molar-refractivity contribution in [2.24, 2.45) is 0 Å². The van der Waals surface area contributed by atoms with Crippen LogP contribution in [0.3, 0.4) is 0 Å². The Hall–Kier alpha value is 0.709. The van der Waals surface area contributed by atoms with Crippen LogP contribution in [-0.4, -0.2) is 33.7 Å². The molecule has 0 amide bonds. The van der Waals surface area contributed by atoms with E-state index in [-0.39, 0.29) is 17.4 Å². The zero-order valence-electron chi connectivity index (χ0n) is 4.31. The van der Waals surface area contributed by atoms with Gasteiger partial charge in [0.25, 0.3) is 0 Å². The molecule has 0 atom stereocenters. The second-order valence-corrected chi connectivity index (χ2v) is 2.53. The summed E-state index contributed by atoms with van der Waals surface area (Å²) >= 11 is 0. The van der Waals surface area contributed by atoms with Crippen LogP contribution in [0, 0.1) is 0 Å². The SMILES string of the molecule is C1CC[Si]OC1.[Al+3]. The van der Waals surface area contributed by atoms with Crippen LogP contribution in [0.4, 0.5) is 0 Å². The first-order chi connectivity index (χ1) is 3.00. The number of hydrogen-bond donors (Lipinski definition) is 0. The van der Waals surface area contributed by atoms with E-state index in [9.17, 15) is 0 Å². The van der Waals surface area contributed by atoms with Crippen LogP contribution in [0.1, 0.15) is 12.8 Å². The fourth-order valence-corrected chi connectivity index (χ4v) is 1.34. The summed E-state index contributed by atoms with van der Waals surface area (Å²) in [6.45, 7) is 1.01. The molecule has 7 heavy (non-hydrogen) atoms. The van der Waals surface area contributed by atoms with Crippen LogP contribution in [-0.2, 0) is 4.43 Å². The van der Waals surface area contributed by atoms with Gasteiger partial charge in [-0.25, -0.2) is 0 Å². The van der Waals surface area contributed by atoms with Gasteiger partial charge in [0, 0.05) is 6.61 Å². The standard InChI is InChI=1S/C4H8OSi.Al/c1-2-4-6-5-3-1;/h1-4H2;/q;+3. The van der Waals surface area contributed by atoms with Gasteiger partial charge < -0.3 is 4.43 Å². The van der Waals surface area contributed by atoms with E-state index in [4.69, 9.17) is 4.43 Å². The molecule has 0 bridgehead atoms.